The lowest BCUT2D eigenvalue weighted by Gasteiger charge is -2.16. The number of carbonyl (C=O) groups excluding carboxylic acids is 1. The topological polar surface area (TPSA) is 59.2 Å². The number of carbonyl (C=O) groups is 1. The zero-order valence-corrected chi connectivity index (χ0v) is 14.4. The number of anilines is 1. The zero-order valence-electron chi connectivity index (χ0n) is 13.6. The predicted molar refractivity (Wildman–Crippen MR) is 95.6 cm³/mol. The van der Waals surface area contributed by atoms with Crippen molar-refractivity contribution in [3.05, 3.63) is 64.9 Å². The van der Waals surface area contributed by atoms with Crippen molar-refractivity contribution in [3.63, 3.8) is 0 Å². The van der Waals surface area contributed by atoms with Gasteiger partial charge in [0.2, 0.25) is 5.91 Å². The van der Waals surface area contributed by atoms with Crippen LogP contribution in [0.5, 0.6) is 0 Å². The van der Waals surface area contributed by atoms with Gasteiger partial charge in [-0.1, -0.05) is 34.5 Å². The van der Waals surface area contributed by atoms with Gasteiger partial charge in [0.15, 0.2) is 5.82 Å². The van der Waals surface area contributed by atoms with Gasteiger partial charge in [-0.05, 0) is 43.3 Å². The first-order valence-corrected chi connectivity index (χ1v) is 8.44. The summed E-state index contributed by atoms with van der Waals surface area (Å²) in [5, 5.41) is 4.73. The van der Waals surface area contributed by atoms with E-state index in [1.807, 2.05) is 43.3 Å². The number of hydrogen-bond donors (Lipinski definition) is 0. The second kappa shape index (κ2) is 6.33. The number of aromatic nitrogens is 2. The molecule has 5 nitrogen and oxygen atoms in total. The van der Waals surface area contributed by atoms with Gasteiger partial charge < -0.3 is 9.42 Å². The quantitative estimate of drug-likeness (QED) is 0.707. The molecule has 1 amide bonds. The summed E-state index contributed by atoms with van der Waals surface area (Å²) in [5.74, 6) is 1.01. The summed E-state index contributed by atoms with van der Waals surface area (Å²) in [6.07, 6.45) is 0.382. The predicted octanol–water partition coefficient (Wildman–Crippen LogP) is 4.22. The van der Waals surface area contributed by atoms with E-state index in [0.717, 1.165) is 16.8 Å². The molecule has 1 fully saturated rings. The maximum atomic E-state index is 12.4. The van der Waals surface area contributed by atoms with Gasteiger partial charge in [-0.15, -0.1) is 0 Å². The molecule has 0 N–H and O–H groups in total. The first-order valence-electron chi connectivity index (χ1n) is 8.07. The van der Waals surface area contributed by atoms with E-state index < -0.39 is 0 Å². The highest BCUT2D eigenvalue weighted by Crippen LogP contribution is 2.31. The van der Waals surface area contributed by atoms with Crippen molar-refractivity contribution >= 4 is 23.2 Å². The van der Waals surface area contributed by atoms with Crippen LogP contribution in [0, 0.1) is 6.92 Å². The summed E-state index contributed by atoms with van der Waals surface area (Å²) in [5.41, 5.74) is 2.88. The number of nitrogens with zero attached hydrogens (tertiary/aromatic N) is 3. The van der Waals surface area contributed by atoms with Crippen molar-refractivity contribution in [2.45, 2.75) is 19.3 Å². The van der Waals surface area contributed by atoms with Gasteiger partial charge in [0.05, 0.1) is 0 Å². The van der Waals surface area contributed by atoms with Crippen molar-refractivity contribution < 1.29 is 9.32 Å². The van der Waals surface area contributed by atoms with E-state index in [2.05, 4.69) is 10.1 Å². The van der Waals surface area contributed by atoms with Crippen LogP contribution in [0.4, 0.5) is 5.69 Å². The Kier molecular flexibility index (Phi) is 4.01. The first kappa shape index (κ1) is 15.8. The summed E-state index contributed by atoms with van der Waals surface area (Å²) in [6, 6.07) is 15.1. The standard InChI is InChI=1S/C19H16ClN3O2/c1-12-2-8-16(9-3-12)23-11-14(10-17(23)24)18-21-19(25-22-18)13-4-6-15(20)7-5-13/h2-9,14H,10-11H2,1H3/t14-/m0/s1. The van der Waals surface area contributed by atoms with Gasteiger partial charge in [0.1, 0.15) is 0 Å². The molecule has 126 valence electrons. The lowest BCUT2D eigenvalue weighted by atomic mass is 10.1. The van der Waals surface area contributed by atoms with Crippen molar-refractivity contribution in [3.8, 4) is 11.5 Å². The average molecular weight is 354 g/mol. The summed E-state index contributed by atoms with van der Waals surface area (Å²) in [4.78, 5) is 18.6. The van der Waals surface area contributed by atoms with Gasteiger partial charge in [-0.25, -0.2) is 0 Å². The third kappa shape index (κ3) is 3.15. The molecule has 2 aromatic carbocycles. The van der Waals surface area contributed by atoms with E-state index in [9.17, 15) is 4.79 Å². The van der Waals surface area contributed by atoms with Crippen LogP contribution >= 0.6 is 11.6 Å². The molecule has 4 rings (SSSR count). The second-order valence-corrected chi connectivity index (χ2v) is 6.64. The lowest BCUT2D eigenvalue weighted by molar-refractivity contribution is -0.117. The Balaban J connectivity index is 1.54. The van der Waals surface area contributed by atoms with E-state index in [-0.39, 0.29) is 11.8 Å². The highest BCUT2D eigenvalue weighted by molar-refractivity contribution is 6.30. The Labute approximate surface area is 150 Å². The van der Waals surface area contributed by atoms with Gasteiger partial charge in [-0.2, -0.15) is 4.98 Å². The first-order chi connectivity index (χ1) is 12.1. The number of aryl methyl sites for hydroxylation is 1. The number of hydrogen-bond acceptors (Lipinski definition) is 4. The molecule has 25 heavy (non-hydrogen) atoms. The normalized spacial score (nSPS) is 17.3. The van der Waals surface area contributed by atoms with E-state index in [0.29, 0.717) is 29.7 Å². The Hall–Kier alpha value is -2.66. The van der Waals surface area contributed by atoms with Gasteiger partial charge in [0.25, 0.3) is 5.89 Å². The average Bonchev–Trinajstić information content (AvgIpc) is 3.23. The van der Waals surface area contributed by atoms with Crippen LogP contribution in [0.25, 0.3) is 11.5 Å². The number of amides is 1. The minimum absolute atomic E-state index is 0.0707. The second-order valence-electron chi connectivity index (χ2n) is 6.21. The molecule has 0 bridgehead atoms. The summed E-state index contributed by atoms with van der Waals surface area (Å²) in [7, 11) is 0. The molecule has 6 heteroatoms. The molecular weight excluding hydrogens is 338 g/mol. The molecule has 0 unspecified atom stereocenters. The lowest BCUT2D eigenvalue weighted by Crippen LogP contribution is -2.24. The molecule has 2 heterocycles. The van der Waals surface area contributed by atoms with Crippen LogP contribution in [0.1, 0.15) is 23.7 Å². The Morgan fingerprint density at radius 3 is 2.56 bits per heavy atom. The molecule has 3 aromatic rings. The van der Waals surface area contributed by atoms with E-state index in [1.54, 1.807) is 17.0 Å². The van der Waals surface area contributed by atoms with Gasteiger partial charge in [-0.3, -0.25) is 4.79 Å². The van der Waals surface area contributed by atoms with Crippen molar-refractivity contribution in [2.75, 3.05) is 11.4 Å². The van der Waals surface area contributed by atoms with Crippen molar-refractivity contribution in [1.82, 2.24) is 10.1 Å². The van der Waals surface area contributed by atoms with Crippen LogP contribution in [0.3, 0.4) is 0 Å². The third-order valence-corrected chi connectivity index (χ3v) is 4.62. The monoisotopic (exact) mass is 353 g/mol. The maximum Gasteiger partial charge on any atom is 0.257 e. The smallest absolute Gasteiger partial charge is 0.257 e. The fraction of sp³-hybridized carbons (Fsp3) is 0.211. The molecule has 0 radical (unpaired) electrons. The Morgan fingerprint density at radius 1 is 1.12 bits per heavy atom. The summed E-state index contributed by atoms with van der Waals surface area (Å²) < 4.78 is 5.36. The van der Waals surface area contributed by atoms with Crippen LogP contribution < -0.4 is 4.90 Å². The summed E-state index contributed by atoms with van der Waals surface area (Å²) >= 11 is 5.90. The van der Waals surface area contributed by atoms with Gasteiger partial charge >= 0.3 is 0 Å². The van der Waals surface area contributed by atoms with Crippen molar-refractivity contribution in [1.29, 1.82) is 0 Å². The van der Waals surface area contributed by atoms with Crippen LogP contribution in [-0.2, 0) is 4.79 Å². The zero-order chi connectivity index (χ0) is 17.4. The molecule has 1 aromatic heterocycles. The fourth-order valence-electron chi connectivity index (χ4n) is 2.97. The number of rotatable bonds is 3. The molecule has 1 aliphatic rings. The molecule has 0 saturated carbocycles. The number of halogens is 1. The molecular formula is C19H16ClN3O2. The van der Waals surface area contributed by atoms with E-state index in [1.165, 1.54) is 0 Å². The highest BCUT2D eigenvalue weighted by atomic mass is 35.5. The minimum atomic E-state index is -0.0707. The SMILES string of the molecule is Cc1ccc(N2C[C@@H](c3noc(-c4ccc(Cl)cc4)n3)CC2=O)cc1. The van der Waals surface area contributed by atoms with Crippen LogP contribution in [-0.4, -0.2) is 22.6 Å². The Morgan fingerprint density at radius 2 is 1.84 bits per heavy atom. The van der Waals surface area contributed by atoms with E-state index in [4.69, 9.17) is 16.1 Å². The van der Waals surface area contributed by atoms with E-state index >= 15 is 0 Å². The third-order valence-electron chi connectivity index (χ3n) is 4.37. The Bertz CT molecular complexity index is 903. The van der Waals surface area contributed by atoms with Crippen LogP contribution in [0.2, 0.25) is 5.02 Å². The maximum absolute atomic E-state index is 12.4. The molecule has 1 atom stereocenters. The molecule has 1 saturated heterocycles. The van der Waals surface area contributed by atoms with Crippen molar-refractivity contribution in [2.24, 2.45) is 0 Å². The fourth-order valence-corrected chi connectivity index (χ4v) is 3.09. The van der Waals surface area contributed by atoms with Gasteiger partial charge in [0, 0.05) is 35.2 Å². The summed E-state index contributed by atoms with van der Waals surface area (Å²) in [6.45, 7) is 2.58. The number of benzene rings is 2. The molecule has 0 aliphatic carbocycles. The molecule has 1 aliphatic heterocycles. The van der Waals surface area contributed by atoms with Crippen LogP contribution in [0.15, 0.2) is 53.1 Å². The highest BCUT2D eigenvalue weighted by Gasteiger charge is 2.34. The largest absolute Gasteiger partial charge is 0.334 e. The minimum Gasteiger partial charge on any atom is -0.334 e. The molecule has 0 spiro atoms.